The fourth-order valence-electron chi connectivity index (χ4n) is 5.40. The first-order valence-corrected chi connectivity index (χ1v) is 14.3. The third-order valence-electron chi connectivity index (χ3n) is 7.56. The molecule has 208 valence electrons. The first-order chi connectivity index (χ1) is 18.9. The summed E-state index contributed by atoms with van der Waals surface area (Å²) in [4.78, 5) is 31.5. The lowest BCUT2D eigenvalue weighted by Gasteiger charge is -2.36. The molecule has 1 N–H and O–H groups in total. The molecule has 3 fully saturated rings. The number of amides is 3. The Kier molecular flexibility index (Phi) is 8.85. The van der Waals surface area contributed by atoms with E-state index < -0.39 is 0 Å². The van der Waals surface area contributed by atoms with Crippen molar-refractivity contribution in [3.63, 3.8) is 0 Å². The third-order valence-corrected chi connectivity index (χ3v) is 8.37. The van der Waals surface area contributed by atoms with Gasteiger partial charge in [-0.2, -0.15) is 0 Å². The molecule has 0 bridgehead atoms. The van der Waals surface area contributed by atoms with Crippen LogP contribution >= 0.6 is 23.2 Å². The number of carbonyl (C=O) groups excluding carboxylic acids is 2. The zero-order chi connectivity index (χ0) is 27.4. The van der Waals surface area contributed by atoms with Crippen LogP contribution in [0.25, 0.3) is 6.08 Å². The van der Waals surface area contributed by atoms with E-state index in [1.54, 1.807) is 19.3 Å². The number of halogens is 2. The van der Waals surface area contributed by atoms with Crippen LogP contribution in [0.5, 0.6) is 11.5 Å². The van der Waals surface area contributed by atoms with E-state index in [4.69, 9.17) is 32.7 Å². The minimum Gasteiger partial charge on any atom is -0.493 e. The lowest BCUT2D eigenvalue weighted by molar-refractivity contribution is -0.122. The van der Waals surface area contributed by atoms with Crippen molar-refractivity contribution in [1.82, 2.24) is 15.1 Å². The predicted octanol–water partition coefficient (Wildman–Crippen LogP) is 5.43. The second kappa shape index (κ2) is 12.5. The van der Waals surface area contributed by atoms with Gasteiger partial charge in [0.15, 0.2) is 11.5 Å². The summed E-state index contributed by atoms with van der Waals surface area (Å²) in [5.74, 6) is 1.00. The van der Waals surface area contributed by atoms with Gasteiger partial charge < -0.3 is 19.7 Å². The molecule has 3 aliphatic rings. The van der Waals surface area contributed by atoms with Crippen LogP contribution < -0.4 is 19.7 Å². The first-order valence-electron chi connectivity index (χ1n) is 13.5. The quantitative estimate of drug-likeness (QED) is 0.319. The number of anilines is 1. The van der Waals surface area contributed by atoms with Crippen LogP contribution in [-0.4, -0.2) is 74.2 Å². The highest BCUT2D eigenvalue weighted by Gasteiger charge is 2.33. The molecule has 0 unspecified atom stereocenters. The van der Waals surface area contributed by atoms with Crippen molar-refractivity contribution >= 4 is 46.9 Å². The van der Waals surface area contributed by atoms with Gasteiger partial charge in [-0.1, -0.05) is 35.3 Å². The summed E-state index contributed by atoms with van der Waals surface area (Å²) >= 11 is 12.6. The van der Waals surface area contributed by atoms with Crippen molar-refractivity contribution in [1.29, 1.82) is 0 Å². The van der Waals surface area contributed by atoms with Crippen molar-refractivity contribution in [3.8, 4) is 11.5 Å². The number of benzene rings is 2. The molecule has 8 nitrogen and oxygen atoms in total. The summed E-state index contributed by atoms with van der Waals surface area (Å²) in [6, 6.07) is 10.8. The Hall–Kier alpha value is -2.94. The van der Waals surface area contributed by atoms with E-state index in [1.807, 2.05) is 30.3 Å². The van der Waals surface area contributed by atoms with Crippen LogP contribution in [-0.2, 0) is 4.79 Å². The Morgan fingerprint density at radius 1 is 1.00 bits per heavy atom. The van der Waals surface area contributed by atoms with Crippen molar-refractivity contribution < 1.29 is 19.1 Å². The van der Waals surface area contributed by atoms with E-state index in [1.165, 1.54) is 17.7 Å². The fraction of sp³-hybridized carbons (Fsp3) is 0.448. The first kappa shape index (κ1) is 27.6. The number of piperazine rings is 1. The molecule has 1 aliphatic carbocycles. The van der Waals surface area contributed by atoms with Gasteiger partial charge in [0.25, 0.3) is 5.91 Å². The maximum Gasteiger partial charge on any atom is 0.329 e. The number of hydrogen-bond acceptors (Lipinski definition) is 6. The maximum atomic E-state index is 13.0. The van der Waals surface area contributed by atoms with E-state index in [9.17, 15) is 9.59 Å². The Labute approximate surface area is 239 Å². The monoisotopic (exact) mass is 572 g/mol. The smallest absolute Gasteiger partial charge is 0.329 e. The van der Waals surface area contributed by atoms with Crippen LogP contribution in [0.3, 0.4) is 0 Å². The van der Waals surface area contributed by atoms with E-state index in [0.717, 1.165) is 56.8 Å². The molecule has 0 atom stereocenters. The Balaban J connectivity index is 1.13. The average molecular weight is 574 g/mol. The average Bonchev–Trinajstić information content (AvgIpc) is 3.54. The van der Waals surface area contributed by atoms with Gasteiger partial charge in [-0.25, -0.2) is 4.79 Å². The molecule has 1 saturated carbocycles. The summed E-state index contributed by atoms with van der Waals surface area (Å²) in [5.41, 5.74) is 1.99. The second-order valence-electron chi connectivity index (χ2n) is 10.1. The summed E-state index contributed by atoms with van der Waals surface area (Å²) in [7, 11) is 1.61. The number of nitrogens with zero attached hydrogens (tertiary/aromatic N) is 3. The third kappa shape index (κ3) is 6.45. The molecule has 0 aromatic heterocycles. The van der Waals surface area contributed by atoms with Crippen molar-refractivity contribution in [2.45, 2.75) is 38.2 Å². The van der Waals surface area contributed by atoms with E-state index in [-0.39, 0.29) is 23.7 Å². The number of hydrogen-bond donors (Lipinski definition) is 1. The molecule has 2 aromatic rings. The minimum atomic E-state index is -0.386. The molecule has 2 saturated heterocycles. The van der Waals surface area contributed by atoms with Crippen molar-refractivity contribution in [2.75, 3.05) is 51.3 Å². The standard InChI is InChI=1S/C29H34Cl2N4O4/c1-38-25-11-10-20(19-26(25)39-21-6-2-3-7-21)18-23-28(36)35(29(37)32-23)13-5-12-33-14-16-34(17-15-33)24-9-4-8-22(30)27(24)31/h4,8-11,18-19,21H,2-3,5-7,12-17H2,1H3,(H,32,37)/b23-18-. The topological polar surface area (TPSA) is 74.4 Å². The van der Waals surface area contributed by atoms with E-state index in [2.05, 4.69) is 15.1 Å². The van der Waals surface area contributed by atoms with Crippen LogP contribution in [0.4, 0.5) is 10.5 Å². The van der Waals surface area contributed by atoms with Gasteiger partial charge in [-0.3, -0.25) is 14.6 Å². The number of rotatable bonds is 9. The number of methoxy groups -OCH3 is 1. The van der Waals surface area contributed by atoms with Gasteiger partial charge in [-0.15, -0.1) is 0 Å². The molecular weight excluding hydrogens is 539 g/mol. The van der Waals surface area contributed by atoms with Crippen LogP contribution in [0.15, 0.2) is 42.1 Å². The summed E-state index contributed by atoms with van der Waals surface area (Å²) < 4.78 is 11.6. The molecule has 10 heteroatoms. The molecule has 39 heavy (non-hydrogen) atoms. The van der Waals surface area contributed by atoms with Gasteiger partial charge >= 0.3 is 6.03 Å². The van der Waals surface area contributed by atoms with Gasteiger partial charge in [0.2, 0.25) is 0 Å². The predicted molar refractivity (Wildman–Crippen MR) is 154 cm³/mol. The molecule has 2 aromatic carbocycles. The summed E-state index contributed by atoms with van der Waals surface area (Å²) in [6.07, 6.45) is 6.98. The van der Waals surface area contributed by atoms with Crippen LogP contribution in [0.2, 0.25) is 10.0 Å². The normalized spacial score (nSPS) is 19.7. The van der Waals surface area contributed by atoms with Crippen molar-refractivity contribution in [2.24, 2.45) is 0 Å². The van der Waals surface area contributed by atoms with Gasteiger partial charge in [-0.05, 0) is 74.6 Å². The van der Waals surface area contributed by atoms with Crippen LogP contribution in [0, 0.1) is 0 Å². The number of ether oxygens (including phenoxy) is 2. The summed E-state index contributed by atoms with van der Waals surface area (Å²) in [5, 5.41) is 3.87. The molecule has 0 radical (unpaired) electrons. The molecule has 0 spiro atoms. The Bertz CT molecular complexity index is 1240. The Morgan fingerprint density at radius 3 is 2.51 bits per heavy atom. The van der Waals surface area contributed by atoms with Crippen LogP contribution in [0.1, 0.15) is 37.7 Å². The van der Waals surface area contributed by atoms with Gasteiger partial charge in [0, 0.05) is 32.7 Å². The molecule has 2 heterocycles. The number of nitrogens with one attached hydrogen (secondary N) is 1. The Morgan fingerprint density at radius 2 is 1.77 bits per heavy atom. The highest BCUT2D eigenvalue weighted by Crippen LogP contribution is 2.34. The fourth-order valence-corrected chi connectivity index (χ4v) is 5.82. The molecular formula is C29H34Cl2N4O4. The number of carbonyl (C=O) groups is 2. The lowest BCUT2D eigenvalue weighted by Crippen LogP contribution is -2.47. The molecule has 5 rings (SSSR count). The van der Waals surface area contributed by atoms with Crippen molar-refractivity contribution in [3.05, 3.63) is 57.7 Å². The SMILES string of the molecule is COc1ccc(/C=C2\NC(=O)N(CCCN3CCN(c4cccc(Cl)c4Cl)CC3)C2=O)cc1OC1CCCC1. The number of imide groups is 1. The maximum absolute atomic E-state index is 13.0. The van der Waals surface area contributed by atoms with E-state index in [0.29, 0.717) is 34.5 Å². The van der Waals surface area contributed by atoms with Gasteiger partial charge in [0.1, 0.15) is 5.70 Å². The lowest BCUT2D eigenvalue weighted by atomic mass is 10.1. The summed E-state index contributed by atoms with van der Waals surface area (Å²) in [6.45, 7) is 4.58. The molecule has 2 aliphatic heterocycles. The largest absolute Gasteiger partial charge is 0.493 e. The zero-order valence-corrected chi connectivity index (χ0v) is 23.6. The molecule has 3 amide bonds. The van der Waals surface area contributed by atoms with E-state index >= 15 is 0 Å². The highest BCUT2D eigenvalue weighted by atomic mass is 35.5. The zero-order valence-electron chi connectivity index (χ0n) is 22.1. The van der Waals surface area contributed by atoms with Gasteiger partial charge in [0.05, 0.1) is 28.9 Å². The number of urea groups is 1. The highest BCUT2D eigenvalue weighted by molar-refractivity contribution is 6.43. The minimum absolute atomic E-state index is 0.183. The second-order valence-corrected chi connectivity index (χ2v) is 10.9.